The van der Waals surface area contributed by atoms with E-state index in [-0.39, 0.29) is 25.7 Å². The third-order valence-electron chi connectivity index (χ3n) is 15.7. The van der Waals surface area contributed by atoms with E-state index in [9.17, 15) is 43.2 Å². The van der Waals surface area contributed by atoms with Crippen LogP contribution in [0.3, 0.4) is 0 Å². The van der Waals surface area contributed by atoms with E-state index in [0.29, 0.717) is 31.6 Å². The maximum absolute atomic E-state index is 13.0. The highest BCUT2D eigenvalue weighted by Crippen LogP contribution is 2.45. The van der Waals surface area contributed by atoms with Crippen LogP contribution in [0.2, 0.25) is 0 Å². The summed E-state index contributed by atoms with van der Waals surface area (Å²) in [6.07, 6.45) is 44.8. The first-order valence-electron chi connectivity index (χ1n) is 35.5. The number of esters is 4. The van der Waals surface area contributed by atoms with Crippen molar-refractivity contribution < 1.29 is 80.2 Å². The Hall–Kier alpha value is -1.94. The highest BCUT2D eigenvalue weighted by Gasteiger charge is 2.30. The zero-order valence-electron chi connectivity index (χ0n) is 56.3. The Morgan fingerprint density at radius 2 is 0.529 bits per heavy atom. The van der Waals surface area contributed by atoms with E-state index in [1.54, 1.807) is 0 Å². The number of hydrogen-bond acceptors (Lipinski definition) is 15. The Labute approximate surface area is 530 Å². The fourth-order valence-corrected chi connectivity index (χ4v) is 11.8. The van der Waals surface area contributed by atoms with Gasteiger partial charge in [-0.05, 0) is 37.5 Å². The number of aliphatic hydroxyl groups excluding tert-OH is 1. The Bertz CT molecular complexity index is 1700. The molecular weight excluding hydrogens is 1150 g/mol. The topological polar surface area (TPSA) is 237 Å². The lowest BCUT2D eigenvalue weighted by Gasteiger charge is -2.21. The highest BCUT2D eigenvalue weighted by atomic mass is 31.2. The Morgan fingerprint density at radius 1 is 0.310 bits per heavy atom. The van der Waals surface area contributed by atoms with Gasteiger partial charge in [-0.25, -0.2) is 9.13 Å². The molecule has 0 aromatic rings. The monoisotopic (exact) mass is 1280 g/mol. The van der Waals surface area contributed by atoms with Gasteiger partial charge in [-0.15, -0.1) is 0 Å². The molecule has 0 saturated carbocycles. The summed E-state index contributed by atoms with van der Waals surface area (Å²) in [4.78, 5) is 72.2. The number of carbonyl (C=O) groups excluding carboxylic acids is 4. The van der Waals surface area contributed by atoms with Crippen LogP contribution in [-0.2, 0) is 65.4 Å². The van der Waals surface area contributed by atoms with Crippen LogP contribution < -0.4 is 0 Å². The molecule has 0 aliphatic heterocycles. The molecule has 0 rings (SSSR count). The zero-order valence-corrected chi connectivity index (χ0v) is 58.1. The molecule has 5 atom stereocenters. The predicted octanol–water partition coefficient (Wildman–Crippen LogP) is 19.2. The third-order valence-corrected chi connectivity index (χ3v) is 17.6. The van der Waals surface area contributed by atoms with Crippen molar-refractivity contribution in [3.05, 3.63) is 0 Å². The number of hydrogen-bond donors (Lipinski definition) is 3. The molecule has 17 nitrogen and oxygen atoms in total. The molecule has 0 saturated heterocycles. The van der Waals surface area contributed by atoms with E-state index in [2.05, 4.69) is 41.5 Å². The van der Waals surface area contributed by atoms with Gasteiger partial charge < -0.3 is 33.8 Å². The van der Waals surface area contributed by atoms with E-state index in [0.717, 1.165) is 115 Å². The van der Waals surface area contributed by atoms with Gasteiger partial charge in [0.2, 0.25) is 0 Å². The lowest BCUT2D eigenvalue weighted by molar-refractivity contribution is -0.161. The first-order valence-corrected chi connectivity index (χ1v) is 38.5. The fraction of sp³-hybridized carbons (Fsp3) is 0.941. The number of ether oxygens (including phenoxy) is 4. The minimum atomic E-state index is -4.95. The first kappa shape index (κ1) is 85.1. The second-order valence-corrected chi connectivity index (χ2v) is 28.4. The summed E-state index contributed by atoms with van der Waals surface area (Å²) >= 11 is 0. The molecule has 0 amide bonds. The average Bonchev–Trinajstić information content (AvgIpc) is 3.62. The fourth-order valence-electron chi connectivity index (χ4n) is 10.2. The Kier molecular flexibility index (Phi) is 59.0. The van der Waals surface area contributed by atoms with Crippen molar-refractivity contribution in [1.82, 2.24) is 0 Å². The van der Waals surface area contributed by atoms with Gasteiger partial charge in [0.05, 0.1) is 26.4 Å². The van der Waals surface area contributed by atoms with Crippen LogP contribution in [0.25, 0.3) is 0 Å². The SMILES string of the molecule is CCCCCCCCCCCC(=O)O[C@H](COC(=O)CCCCCCCCC)COP(=O)(O)OC[C@H](O)COP(=O)(O)OC[C@@H](COC(=O)CCCCCCCCCC(C)C)OC(=O)CCCCCCCCCCCCCCCCCCCCC(C)C. The smallest absolute Gasteiger partial charge is 0.462 e. The maximum Gasteiger partial charge on any atom is 0.472 e. The molecule has 0 spiro atoms. The lowest BCUT2D eigenvalue weighted by Crippen LogP contribution is -2.30. The summed E-state index contributed by atoms with van der Waals surface area (Å²) in [7, 11) is -9.89. The van der Waals surface area contributed by atoms with Gasteiger partial charge in [-0.1, -0.05) is 292 Å². The van der Waals surface area contributed by atoms with Crippen molar-refractivity contribution in [2.45, 2.75) is 362 Å². The van der Waals surface area contributed by atoms with Crippen molar-refractivity contribution in [3.8, 4) is 0 Å². The second-order valence-electron chi connectivity index (χ2n) is 25.5. The number of rotatable bonds is 67. The van der Waals surface area contributed by atoms with Crippen molar-refractivity contribution in [3.63, 3.8) is 0 Å². The van der Waals surface area contributed by atoms with E-state index < -0.39 is 97.5 Å². The molecule has 0 bridgehead atoms. The van der Waals surface area contributed by atoms with Crippen LogP contribution in [0, 0.1) is 11.8 Å². The molecule has 0 radical (unpaired) electrons. The molecular formula is C68H132O17P2. The van der Waals surface area contributed by atoms with E-state index >= 15 is 0 Å². The molecule has 3 N–H and O–H groups in total. The summed E-state index contributed by atoms with van der Waals surface area (Å²) < 4.78 is 68.0. The predicted molar refractivity (Wildman–Crippen MR) is 349 cm³/mol. The maximum atomic E-state index is 13.0. The molecule has 2 unspecified atom stereocenters. The molecule has 87 heavy (non-hydrogen) atoms. The van der Waals surface area contributed by atoms with Crippen LogP contribution in [0.5, 0.6) is 0 Å². The number of phosphoric acid groups is 2. The Balaban J connectivity index is 5.10. The van der Waals surface area contributed by atoms with E-state index in [1.807, 2.05) is 0 Å². The third kappa shape index (κ3) is 62.6. The molecule has 0 aliphatic carbocycles. The second kappa shape index (κ2) is 60.3. The van der Waals surface area contributed by atoms with E-state index in [1.165, 1.54) is 141 Å². The van der Waals surface area contributed by atoms with Gasteiger partial charge in [0.15, 0.2) is 12.2 Å². The van der Waals surface area contributed by atoms with Crippen molar-refractivity contribution >= 4 is 39.5 Å². The summed E-state index contributed by atoms with van der Waals surface area (Å²) in [5.74, 6) is -0.610. The average molecular weight is 1280 g/mol. The molecule has 0 heterocycles. The van der Waals surface area contributed by atoms with Crippen molar-refractivity contribution in [2.24, 2.45) is 11.8 Å². The van der Waals surface area contributed by atoms with Crippen LogP contribution in [0.15, 0.2) is 0 Å². The summed E-state index contributed by atoms with van der Waals surface area (Å²) in [6.45, 7) is 9.45. The first-order chi connectivity index (χ1) is 41.9. The lowest BCUT2D eigenvalue weighted by atomic mass is 10.0. The minimum absolute atomic E-state index is 0.105. The van der Waals surface area contributed by atoms with Gasteiger partial charge in [0.1, 0.15) is 19.3 Å². The van der Waals surface area contributed by atoms with Gasteiger partial charge in [-0.2, -0.15) is 0 Å². The van der Waals surface area contributed by atoms with Crippen LogP contribution in [0.4, 0.5) is 0 Å². The van der Waals surface area contributed by atoms with Crippen molar-refractivity contribution in [1.29, 1.82) is 0 Å². The number of carbonyl (C=O) groups is 4. The number of unbranched alkanes of at least 4 members (excludes halogenated alkanes) is 37. The van der Waals surface area contributed by atoms with Crippen molar-refractivity contribution in [2.75, 3.05) is 39.6 Å². The van der Waals surface area contributed by atoms with Crippen LogP contribution >= 0.6 is 15.6 Å². The molecule has 0 aliphatic rings. The number of aliphatic hydroxyl groups is 1. The standard InChI is InChI=1S/C68H132O17P2/c1-7-9-11-13-15-26-33-40-46-52-67(72)84-63(56-78-65(70)50-44-38-30-14-12-10-8-2)58-82-86(74,75)80-54-62(69)55-81-87(76,77)83-59-64(57-79-66(71)51-45-39-35-29-32-37-43-49-61(5)6)85-68(73)53-47-41-34-28-25-23-21-19-17-16-18-20-22-24-27-31-36-42-48-60(3)4/h60-64,69H,7-59H2,1-6H3,(H,74,75)(H,76,77)/t62-,63+,64+/m0/s1. The van der Waals surface area contributed by atoms with Gasteiger partial charge in [-0.3, -0.25) is 37.3 Å². The van der Waals surface area contributed by atoms with Gasteiger partial charge in [0, 0.05) is 25.7 Å². The highest BCUT2D eigenvalue weighted by molar-refractivity contribution is 7.47. The molecule has 0 aromatic heterocycles. The molecule has 0 fully saturated rings. The normalized spacial score (nSPS) is 14.2. The summed E-state index contributed by atoms with van der Waals surface area (Å²) in [5.41, 5.74) is 0. The van der Waals surface area contributed by atoms with Gasteiger partial charge in [0.25, 0.3) is 0 Å². The van der Waals surface area contributed by atoms with Crippen LogP contribution in [0.1, 0.15) is 343 Å². The molecule has 19 heteroatoms. The molecule has 0 aromatic carbocycles. The summed E-state index contributed by atoms with van der Waals surface area (Å²) in [5, 5.41) is 10.5. The number of phosphoric ester groups is 2. The Morgan fingerprint density at radius 3 is 0.782 bits per heavy atom. The quantitative estimate of drug-likeness (QED) is 0.0222. The van der Waals surface area contributed by atoms with Gasteiger partial charge >= 0.3 is 39.5 Å². The minimum Gasteiger partial charge on any atom is -0.462 e. The zero-order chi connectivity index (χ0) is 64.3. The van der Waals surface area contributed by atoms with E-state index in [4.69, 9.17) is 37.0 Å². The largest absolute Gasteiger partial charge is 0.472 e. The van der Waals surface area contributed by atoms with Crippen LogP contribution in [-0.4, -0.2) is 96.7 Å². The molecule has 516 valence electrons. The summed E-state index contributed by atoms with van der Waals surface area (Å²) in [6, 6.07) is 0.